The lowest BCUT2D eigenvalue weighted by molar-refractivity contribution is 0.565. The van der Waals surface area contributed by atoms with Gasteiger partial charge in [-0.15, -0.1) is 4.99 Å². The molecule has 1 rings (SSSR count). The molecule has 0 unspecified atom stereocenters. The molecule has 0 amide bonds. The number of nitrogens with zero attached hydrogens (tertiary/aromatic N) is 3. The van der Waals surface area contributed by atoms with Gasteiger partial charge in [0.05, 0.1) is 5.69 Å². The predicted octanol–water partition coefficient (Wildman–Crippen LogP) is 2.24. The van der Waals surface area contributed by atoms with Crippen LogP contribution in [0.3, 0.4) is 0 Å². The van der Waals surface area contributed by atoms with Crippen LogP contribution in [0.2, 0.25) is 5.02 Å². The number of halogens is 1. The van der Waals surface area contributed by atoms with Crippen LogP contribution in [-0.2, 0) is 18.3 Å². The predicted molar refractivity (Wildman–Crippen MR) is 54.5 cm³/mol. The summed E-state index contributed by atoms with van der Waals surface area (Å²) in [4.78, 5) is 13.5. The van der Waals surface area contributed by atoms with Crippen LogP contribution >= 0.6 is 11.6 Å². The molecule has 4 nitrogen and oxygen atoms in total. The minimum absolute atomic E-state index is 0.250. The third-order valence-corrected chi connectivity index (χ3v) is 2.23. The van der Waals surface area contributed by atoms with E-state index in [-0.39, 0.29) is 5.82 Å². The van der Waals surface area contributed by atoms with Crippen molar-refractivity contribution in [1.82, 2.24) is 9.78 Å². The lowest BCUT2D eigenvalue weighted by Gasteiger charge is -2.04. The number of carbonyl (C=O) groups excluding carboxylic acids is 1. The Kier molecular flexibility index (Phi) is 3.44. The Morgan fingerprint density at radius 2 is 2.29 bits per heavy atom. The zero-order chi connectivity index (χ0) is 10.7. The number of aryl methyl sites for hydroxylation is 1. The second kappa shape index (κ2) is 4.40. The Labute approximate surface area is 87.6 Å². The summed E-state index contributed by atoms with van der Waals surface area (Å²) < 4.78 is 1.65. The van der Waals surface area contributed by atoms with Crippen LogP contribution in [0.25, 0.3) is 0 Å². The summed E-state index contributed by atoms with van der Waals surface area (Å²) in [5, 5.41) is 4.46. The molecular formula is C9H12ClN3O. The summed E-state index contributed by atoms with van der Waals surface area (Å²) in [5.41, 5.74) is 0.899. The quantitative estimate of drug-likeness (QED) is 0.571. The van der Waals surface area contributed by atoms with Crippen molar-refractivity contribution >= 4 is 23.5 Å². The van der Waals surface area contributed by atoms with E-state index in [2.05, 4.69) is 23.9 Å². The van der Waals surface area contributed by atoms with Crippen LogP contribution in [0.5, 0.6) is 0 Å². The second-order valence-corrected chi connectivity index (χ2v) is 3.89. The van der Waals surface area contributed by atoms with E-state index in [9.17, 15) is 4.79 Å². The minimum atomic E-state index is 0.250. The van der Waals surface area contributed by atoms with E-state index in [1.807, 2.05) is 0 Å². The van der Waals surface area contributed by atoms with Crippen LogP contribution in [0.1, 0.15) is 19.5 Å². The first-order valence-corrected chi connectivity index (χ1v) is 4.73. The van der Waals surface area contributed by atoms with Gasteiger partial charge >= 0.3 is 0 Å². The summed E-state index contributed by atoms with van der Waals surface area (Å²) in [6.07, 6.45) is 2.25. The highest BCUT2D eigenvalue weighted by molar-refractivity contribution is 6.33. The maximum atomic E-state index is 10.1. The Balaban J connectivity index is 3.10. The molecule has 0 fully saturated rings. The molecule has 0 aromatic carbocycles. The summed E-state index contributed by atoms with van der Waals surface area (Å²) in [6, 6.07) is 0. The van der Waals surface area contributed by atoms with Crippen LogP contribution in [-0.4, -0.2) is 15.9 Å². The minimum Gasteiger partial charge on any atom is -0.269 e. The molecule has 0 saturated carbocycles. The van der Waals surface area contributed by atoms with Crippen molar-refractivity contribution in [3.8, 4) is 0 Å². The summed E-state index contributed by atoms with van der Waals surface area (Å²) in [7, 11) is 1.79. The van der Waals surface area contributed by atoms with E-state index < -0.39 is 0 Å². The molecule has 0 atom stereocenters. The molecule has 0 spiro atoms. The molecule has 0 aliphatic heterocycles. The standard InChI is InChI=1S/C9H12ClN3O/c1-6(2)4-7-8(10)9(11-5-14)12-13(7)3/h6H,4H2,1-3H3. The molecule has 1 aromatic rings. The molecule has 0 aliphatic carbocycles. The van der Waals surface area contributed by atoms with Crippen LogP contribution in [0.15, 0.2) is 4.99 Å². The van der Waals surface area contributed by atoms with E-state index in [1.165, 1.54) is 6.08 Å². The topological polar surface area (TPSA) is 47.2 Å². The lowest BCUT2D eigenvalue weighted by Crippen LogP contribution is -2.02. The first-order valence-electron chi connectivity index (χ1n) is 4.35. The molecule has 0 N–H and O–H groups in total. The maximum absolute atomic E-state index is 10.1. The fraction of sp³-hybridized carbons (Fsp3) is 0.556. The zero-order valence-electron chi connectivity index (χ0n) is 8.41. The third-order valence-electron chi connectivity index (χ3n) is 1.84. The van der Waals surface area contributed by atoms with Gasteiger partial charge in [0.15, 0.2) is 0 Å². The SMILES string of the molecule is CC(C)Cc1c(Cl)c(N=C=O)nn1C. The number of aliphatic imine (C=N–C) groups is 1. The first kappa shape index (κ1) is 11.0. The van der Waals surface area contributed by atoms with Crippen molar-refractivity contribution in [3.63, 3.8) is 0 Å². The smallest absolute Gasteiger partial charge is 0.242 e. The van der Waals surface area contributed by atoms with Gasteiger partial charge in [0.1, 0.15) is 5.02 Å². The van der Waals surface area contributed by atoms with Gasteiger partial charge < -0.3 is 0 Å². The zero-order valence-corrected chi connectivity index (χ0v) is 9.17. The molecule has 5 heteroatoms. The number of rotatable bonds is 3. The largest absolute Gasteiger partial charge is 0.269 e. The Morgan fingerprint density at radius 1 is 1.64 bits per heavy atom. The van der Waals surface area contributed by atoms with Crippen molar-refractivity contribution < 1.29 is 4.79 Å². The fourth-order valence-corrected chi connectivity index (χ4v) is 1.52. The monoisotopic (exact) mass is 213 g/mol. The van der Waals surface area contributed by atoms with Gasteiger partial charge in [-0.25, -0.2) is 4.79 Å². The van der Waals surface area contributed by atoms with Crippen molar-refractivity contribution in [2.45, 2.75) is 20.3 Å². The number of hydrogen-bond acceptors (Lipinski definition) is 3. The molecule has 0 radical (unpaired) electrons. The van der Waals surface area contributed by atoms with E-state index in [1.54, 1.807) is 11.7 Å². The molecule has 14 heavy (non-hydrogen) atoms. The van der Waals surface area contributed by atoms with Crippen LogP contribution in [0, 0.1) is 5.92 Å². The van der Waals surface area contributed by atoms with Crippen LogP contribution in [0.4, 0.5) is 5.82 Å². The van der Waals surface area contributed by atoms with Gasteiger partial charge in [-0.3, -0.25) is 4.68 Å². The van der Waals surface area contributed by atoms with Crippen LogP contribution < -0.4 is 0 Å². The molecule has 1 aromatic heterocycles. The van der Waals surface area contributed by atoms with Gasteiger partial charge in [0.25, 0.3) is 0 Å². The average Bonchev–Trinajstić information content (AvgIpc) is 2.33. The van der Waals surface area contributed by atoms with E-state index in [0.29, 0.717) is 10.9 Å². The van der Waals surface area contributed by atoms with Crippen molar-refractivity contribution in [1.29, 1.82) is 0 Å². The highest BCUT2D eigenvalue weighted by Crippen LogP contribution is 2.28. The lowest BCUT2D eigenvalue weighted by atomic mass is 10.1. The number of aromatic nitrogens is 2. The number of isocyanates is 1. The van der Waals surface area contributed by atoms with Gasteiger partial charge in [0, 0.05) is 7.05 Å². The average molecular weight is 214 g/mol. The third kappa shape index (κ3) is 2.22. The normalized spacial score (nSPS) is 10.4. The molecule has 0 bridgehead atoms. The van der Waals surface area contributed by atoms with E-state index >= 15 is 0 Å². The molecule has 1 heterocycles. The summed E-state index contributed by atoms with van der Waals surface area (Å²) >= 11 is 6.00. The Morgan fingerprint density at radius 3 is 2.79 bits per heavy atom. The second-order valence-electron chi connectivity index (χ2n) is 3.51. The van der Waals surface area contributed by atoms with Crippen molar-refractivity contribution in [2.75, 3.05) is 0 Å². The molecule has 0 aliphatic rings. The molecule has 76 valence electrons. The van der Waals surface area contributed by atoms with Gasteiger partial charge in [-0.05, 0) is 12.3 Å². The summed E-state index contributed by atoms with van der Waals surface area (Å²) in [5.74, 6) is 0.732. The van der Waals surface area contributed by atoms with Gasteiger partial charge in [0.2, 0.25) is 11.9 Å². The van der Waals surface area contributed by atoms with Crippen molar-refractivity contribution in [2.24, 2.45) is 18.0 Å². The van der Waals surface area contributed by atoms with E-state index in [4.69, 9.17) is 11.6 Å². The fourth-order valence-electron chi connectivity index (χ4n) is 1.24. The van der Waals surface area contributed by atoms with Gasteiger partial charge in [-0.2, -0.15) is 5.10 Å². The Bertz CT molecular complexity index is 378. The van der Waals surface area contributed by atoms with E-state index in [0.717, 1.165) is 12.1 Å². The highest BCUT2D eigenvalue weighted by Gasteiger charge is 2.14. The first-order chi connectivity index (χ1) is 6.56. The Hall–Kier alpha value is -1.12. The van der Waals surface area contributed by atoms with Crippen molar-refractivity contribution in [3.05, 3.63) is 10.7 Å². The molecule has 0 saturated heterocycles. The summed E-state index contributed by atoms with van der Waals surface area (Å²) in [6.45, 7) is 4.18. The van der Waals surface area contributed by atoms with Gasteiger partial charge in [-0.1, -0.05) is 25.4 Å². The highest BCUT2D eigenvalue weighted by atomic mass is 35.5. The maximum Gasteiger partial charge on any atom is 0.242 e. The molecular weight excluding hydrogens is 202 g/mol. The number of hydrogen-bond donors (Lipinski definition) is 0.